The predicted molar refractivity (Wildman–Crippen MR) is 47.3 cm³/mol. The number of hydrogen-bond donors (Lipinski definition) is 1. The van der Waals surface area contributed by atoms with E-state index in [1.54, 1.807) is 13.3 Å². The number of rotatable bonds is 3. The van der Waals surface area contributed by atoms with Crippen LogP contribution in [0.1, 0.15) is 24.8 Å². The molecule has 1 saturated carbocycles. The van der Waals surface area contributed by atoms with Crippen molar-refractivity contribution >= 4 is 0 Å². The minimum absolute atomic E-state index is 0.0471. The molecule has 0 saturated heterocycles. The molecule has 1 aliphatic carbocycles. The Kier molecular flexibility index (Phi) is 2.00. The van der Waals surface area contributed by atoms with Crippen molar-refractivity contribution in [2.45, 2.75) is 18.9 Å². The Hall–Kier alpha value is -1.03. The molecule has 72 valence electrons. The molecule has 1 aromatic rings. The molecule has 1 fully saturated rings. The van der Waals surface area contributed by atoms with E-state index in [9.17, 15) is 5.11 Å². The van der Waals surface area contributed by atoms with E-state index in [1.165, 1.54) is 12.8 Å². The van der Waals surface area contributed by atoms with Crippen LogP contribution in [0.15, 0.2) is 6.20 Å². The minimum atomic E-state index is 0.0471. The first-order valence-corrected chi connectivity index (χ1v) is 4.47. The van der Waals surface area contributed by atoms with Gasteiger partial charge in [0.2, 0.25) is 5.88 Å². The number of ether oxygens (including phenoxy) is 1. The molecule has 0 radical (unpaired) electrons. The van der Waals surface area contributed by atoms with Gasteiger partial charge in [0.25, 0.3) is 0 Å². The Labute approximate surface area is 77.2 Å². The summed E-state index contributed by atoms with van der Waals surface area (Å²) < 4.78 is 7.18. The second kappa shape index (κ2) is 3.03. The lowest BCUT2D eigenvalue weighted by Gasteiger charge is -2.13. The van der Waals surface area contributed by atoms with E-state index in [-0.39, 0.29) is 12.0 Å². The zero-order valence-electron chi connectivity index (χ0n) is 7.90. The van der Waals surface area contributed by atoms with Gasteiger partial charge >= 0.3 is 0 Å². The van der Waals surface area contributed by atoms with E-state index in [0.717, 1.165) is 5.82 Å². The van der Waals surface area contributed by atoms with Gasteiger partial charge in [-0.3, -0.25) is 0 Å². The topological polar surface area (TPSA) is 47.3 Å². The minimum Gasteiger partial charge on any atom is -0.492 e. The molecule has 0 spiro atoms. The van der Waals surface area contributed by atoms with E-state index in [1.807, 2.05) is 11.6 Å². The monoisotopic (exact) mass is 182 g/mol. The van der Waals surface area contributed by atoms with Crippen LogP contribution in [-0.2, 0) is 11.8 Å². The molecule has 0 bridgehead atoms. The summed E-state index contributed by atoms with van der Waals surface area (Å²) in [4.78, 5) is 4.04. The first-order valence-electron chi connectivity index (χ1n) is 4.47. The van der Waals surface area contributed by atoms with E-state index in [4.69, 9.17) is 4.74 Å². The maximum Gasteiger partial charge on any atom is 0.229 e. The summed E-state index contributed by atoms with van der Waals surface area (Å²) in [6.45, 7) is 0. The lowest BCUT2D eigenvalue weighted by Crippen LogP contribution is -2.09. The Morgan fingerprint density at radius 3 is 2.77 bits per heavy atom. The summed E-state index contributed by atoms with van der Waals surface area (Å²) in [5, 5.41) is 9.19. The Balaban J connectivity index is 2.25. The normalized spacial score (nSPS) is 18.9. The number of hydrogen-bond acceptors (Lipinski definition) is 3. The maximum atomic E-state index is 9.19. The summed E-state index contributed by atoms with van der Waals surface area (Å²) in [6.07, 6.45) is 4.05. The van der Waals surface area contributed by atoms with Gasteiger partial charge in [0.05, 0.1) is 6.20 Å². The molecule has 2 rings (SSSR count). The molecule has 0 amide bonds. The van der Waals surface area contributed by atoms with Crippen molar-refractivity contribution in [3.05, 3.63) is 12.0 Å². The SMILES string of the molecule is COC(c1nc(O)cn1C)C1CC1. The first-order chi connectivity index (χ1) is 6.22. The van der Waals surface area contributed by atoms with Crippen molar-refractivity contribution in [2.24, 2.45) is 13.0 Å². The summed E-state index contributed by atoms with van der Waals surface area (Å²) in [7, 11) is 3.56. The fraction of sp³-hybridized carbons (Fsp3) is 0.667. The smallest absolute Gasteiger partial charge is 0.229 e. The standard InChI is InChI=1S/C9H14N2O2/c1-11-5-7(12)10-9(11)8(13-2)6-3-4-6/h5-6,8,12H,3-4H2,1-2H3. The van der Waals surface area contributed by atoms with E-state index >= 15 is 0 Å². The number of aryl methyl sites for hydroxylation is 1. The lowest BCUT2D eigenvalue weighted by atomic mass is 10.2. The van der Waals surface area contributed by atoms with Gasteiger partial charge in [0.1, 0.15) is 11.9 Å². The molecule has 4 heteroatoms. The number of aromatic hydroxyl groups is 1. The fourth-order valence-electron chi connectivity index (χ4n) is 1.64. The van der Waals surface area contributed by atoms with E-state index in [2.05, 4.69) is 4.98 Å². The van der Waals surface area contributed by atoms with Crippen LogP contribution >= 0.6 is 0 Å². The van der Waals surface area contributed by atoms with Crippen LogP contribution in [-0.4, -0.2) is 21.8 Å². The quantitative estimate of drug-likeness (QED) is 0.764. The Bertz CT molecular complexity index is 305. The van der Waals surface area contributed by atoms with Crippen molar-refractivity contribution in [3.8, 4) is 5.88 Å². The number of imidazole rings is 1. The summed E-state index contributed by atoms with van der Waals surface area (Å²) in [5.74, 6) is 1.48. The summed E-state index contributed by atoms with van der Waals surface area (Å²) in [6, 6.07) is 0. The number of aromatic nitrogens is 2. The van der Waals surface area contributed by atoms with Crippen LogP contribution in [0.4, 0.5) is 0 Å². The summed E-state index contributed by atoms with van der Waals surface area (Å²) in [5.41, 5.74) is 0. The van der Waals surface area contributed by atoms with Gasteiger partial charge < -0.3 is 14.4 Å². The largest absolute Gasteiger partial charge is 0.492 e. The van der Waals surface area contributed by atoms with Crippen LogP contribution < -0.4 is 0 Å². The zero-order valence-corrected chi connectivity index (χ0v) is 7.90. The second-order valence-electron chi connectivity index (χ2n) is 3.56. The number of nitrogens with zero attached hydrogens (tertiary/aromatic N) is 2. The molecule has 0 aliphatic heterocycles. The molecule has 13 heavy (non-hydrogen) atoms. The van der Waals surface area contributed by atoms with Crippen molar-refractivity contribution in [2.75, 3.05) is 7.11 Å². The van der Waals surface area contributed by atoms with E-state index < -0.39 is 0 Å². The highest BCUT2D eigenvalue weighted by Crippen LogP contribution is 2.42. The van der Waals surface area contributed by atoms with Gasteiger partial charge in [-0.05, 0) is 18.8 Å². The molecule has 4 nitrogen and oxygen atoms in total. The van der Waals surface area contributed by atoms with Crippen molar-refractivity contribution < 1.29 is 9.84 Å². The average Bonchev–Trinajstić information content (AvgIpc) is 2.82. The van der Waals surface area contributed by atoms with Gasteiger partial charge in [-0.15, -0.1) is 0 Å². The third-order valence-corrected chi connectivity index (χ3v) is 2.46. The highest BCUT2D eigenvalue weighted by atomic mass is 16.5. The van der Waals surface area contributed by atoms with Crippen molar-refractivity contribution in [1.29, 1.82) is 0 Å². The van der Waals surface area contributed by atoms with E-state index in [0.29, 0.717) is 5.92 Å². The number of methoxy groups -OCH3 is 1. The van der Waals surface area contributed by atoms with Gasteiger partial charge in [0, 0.05) is 14.2 Å². The average molecular weight is 182 g/mol. The van der Waals surface area contributed by atoms with Gasteiger partial charge in [-0.2, -0.15) is 4.98 Å². The van der Waals surface area contributed by atoms with Gasteiger partial charge in [-0.1, -0.05) is 0 Å². The zero-order chi connectivity index (χ0) is 9.42. The third-order valence-electron chi connectivity index (χ3n) is 2.46. The molecule has 0 aromatic carbocycles. The van der Waals surface area contributed by atoms with Crippen molar-refractivity contribution in [1.82, 2.24) is 9.55 Å². The molecule has 1 unspecified atom stereocenters. The molecule has 1 aliphatic rings. The molecular formula is C9H14N2O2. The maximum absolute atomic E-state index is 9.19. The van der Waals surface area contributed by atoms with Crippen LogP contribution in [0.25, 0.3) is 0 Å². The molecule has 1 atom stereocenters. The molecule has 1 heterocycles. The predicted octanol–water partition coefficient (Wildman–Crippen LogP) is 1.22. The van der Waals surface area contributed by atoms with Crippen LogP contribution in [0, 0.1) is 5.92 Å². The first kappa shape index (κ1) is 8.56. The lowest BCUT2D eigenvalue weighted by molar-refractivity contribution is 0.0748. The van der Waals surface area contributed by atoms with Crippen LogP contribution in [0.2, 0.25) is 0 Å². The third kappa shape index (κ3) is 1.54. The van der Waals surface area contributed by atoms with Gasteiger partial charge in [0.15, 0.2) is 0 Å². The highest BCUT2D eigenvalue weighted by Gasteiger charge is 2.35. The molecular weight excluding hydrogens is 168 g/mol. The van der Waals surface area contributed by atoms with Gasteiger partial charge in [-0.25, -0.2) is 0 Å². The molecule has 1 N–H and O–H groups in total. The Morgan fingerprint density at radius 2 is 2.38 bits per heavy atom. The Morgan fingerprint density at radius 1 is 1.69 bits per heavy atom. The van der Waals surface area contributed by atoms with Crippen LogP contribution in [0.3, 0.4) is 0 Å². The van der Waals surface area contributed by atoms with Crippen molar-refractivity contribution in [3.63, 3.8) is 0 Å². The second-order valence-corrected chi connectivity index (χ2v) is 3.56. The molecule has 1 aromatic heterocycles. The highest BCUT2D eigenvalue weighted by molar-refractivity contribution is 5.11. The van der Waals surface area contributed by atoms with Crippen LogP contribution in [0.5, 0.6) is 5.88 Å². The summed E-state index contributed by atoms with van der Waals surface area (Å²) >= 11 is 0. The fourth-order valence-corrected chi connectivity index (χ4v) is 1.64.